The molecule has 0 bridgehead atoms. The van der Waals surface area contributed by atoms with Gasteiger partial charge in [-0.25, -0.2) is 8.78 Å². The molecule has 0 radical (unpaired) electrons. The largest absolute Gasteiger partial charge is 0.284 e. The Balaban J connectivity index is 2.52. The molecule has 3 nitrogen and oxygen atoms in total. The van der Waals surface area contributed by atoms with Crippen LogP contribution in [0.1, 0.15) is 12.0 Å². The highest BCUT2D eigenvalue weighted by atomic mass is 19.1. The van der Waals surface area contributed by atoms with Crippen molar-refractivity contribution in [2.24, 2.45) is 0 Å². The van der Waals surface area contributed by atoms with Gasteiger partial charge in [-0.05, 0) is 36.1 Å². The van der Waals surface area contributed by atoms with Crippen LogP contribution in [0.5, 0.6) is 0 Å². The van der Waals surface area contributed by atoms with Crippen LogP contribution in [-0.4, -0.2) is 24.3 Å². The number of hydrogen-bond donors (Lipinski definition) is 0. The van der Waals surface area contributed by atoms with Crippen LogP contribution < -0.4 is 0 Å². The third-order valence-electron chi connectivity index (χ3n) is 2.46. The lowest BCUT2D eigenvalue weighted by atomic mass is 10.1. The number of imide groups is 1. The van der Waals surface area contributed by atoms with Gasteiger partial charge in [-0.3, -0.25) is 14.5 Å². The van der Waals surface area contributed by atoms with Crippen LogP contribution >= 0.6 is 0 Å². The average molecular weight is 253 g/mol. The molecule has 0 aliphatic carbocycles. The Morgan fingerprint density at radius 2 is 1.78 bits per heavy atom. The van der Waals surface area contributed by atoms with E-state index in [1.165, 1.54) is 12.1 Å². The first-order valence-corrected chi connectivity index (χ1v) is 5.38. The van der Waals surface area contributed by atoms with E-state index in [-0.39, 0.29) is 12.4 Å². The standard InChI is InChI=1S/C13H13F2NO2/c14-7-12(8-16(9-17)10-18)2-1-11-3-5-13(15)6-4-11/h3-7,9-10H,1-2,8H2/b12-7+. The SMILES string of the molecule is O=CN(C=O)C/C(=C/F)CCc1ccc(F)cc1. The second-order valence-electron chi connectivity index (χ2n) is 3.78. The van der Waals surface area contributed by atoms with Crippen molar-refractivity contribution in [1.29, 1.82) is 0 Å². The summed E-state index contributed by atoms with van der Waals surface area (Å²) >= 11 is 0. The summed E-state index contributed by atoms with van der Waals surface area (Å²) in [6, 6.07) is 5.89. The second-order valence-corrected chi connectivity index (χ2v) is 3.78. The van der Waals surface area contributed by atoms with Crippen molar-refractivity contribution in [3.63, 3.8) is 0 Å². The van der Waals surface area contributed by atoms with Crippen molar-refractivity contribution in [2.75, 3.05) is 6.54 Å². The zero-order valence-corrected chi connectivity index (χ0v) is 9.68. The van der Waals surface area contributed by atoms with Crippen molar-refractivity contribution in [1.82, 2.24) is 4.90 Å². The highest BCUT2D eigenvalue weighted by Gasteiger charge is 2.05. The van der Waals surface area contributed by atoms with E-state index in [4.69, 9.17) is 0 Å². The summed E-state index contributed by atoms with van der Waals surface area (Å²) < 4.78 is 25.2. The number of aryl methyl sites for hydroxylation is 1. The molecule has 0 saturated carbocycles. The van der Waals surface area contributed by atoms with Gasteiger partial charge in [0.25, 0.3) is 0 Å². The maximum atomic E-state index is 12.7. The second kappa shape index (κ2) is 7.32. The molecule has 0 spiro atoms. The van der Waals surface area contributed by atoms with E-state index in [0.717, 1.165) is 10.5 Å². The van der Waals surface area contributed by atoms with Gasteiger partial charge in [-0.1, -0.05) is 12.1 Å². The minimum Gasteiger partial charge on any atom is -0.284 e. The number of amides is 2. The van der Waals surface area contributed by atoms with Gasteiger partial charge in [0.15, 0.2) is 0 Å². The fraction of sp³-hybridized carbons (Fsp3) is 0.231. The quantitative estimate of drug-likeness (QED) is 0.699. The fourth-order valence-electron chi connectivity index (χ4n) is 1.46. The van der Waals surface area contributed by atoms with Crippen LogP contribution in [0.25, 0.3) is 0 Å². The van der Waals surface area contributed by atoms with Crippen LogP contribution in [0.4, 0.5) is 8.78 Å². The van der Waals surface area contributed by atoms with Gasteiger partial charge in [-0.2, -0.15) is 0 Å². The number of rotatable bonds is 7. The summed E-state index contributed by atoms with van der Waals surface area (Å²) in [5, 5.41) is 0. The van der Waals surface area contributed by atoms with Gasteiger partial charge < -0.3 is 0 Å². The van der Waals surface area contributed by atoms with Crippen molar-refractivity contribution in [3.8, 4) is 0 Å². The lowest BCUT2D eigenvalue weighted by Crippen LogP contribution is -2.22. The van der Waals surface area contributed by atoms with Gasteiger partial charge in [0, 0.05) is 0 Å². The monoisotopic (exact) mass is 253 g/mol. The van der Waals surface area contributed by atoms with E-state index in [1.807, 2.05) is 0 Å². The molecule has 1 aromatic carbocycles. The van der Waals surface area contributed by atoms with E-state index in [0.29, 0.717) is 37.6 Å². The minimum atomic E-state index is -0.326. The minimum absolute atomic E-state index is 0.0648. The highest BCUT2D eigenvalue weighted by Crippen LogP contribution is 2.11. The summed E-state index contributed by atoms with van der Waals surface area (Å²) in [7, 11) is 0. The molecular weight excluding hydrogens is 240 g/mol. The fourth-order valence-corrected chi connectivity index (χ4v) is 1.46. The summed E-state index contributed by atoms with van der Waals surface area (Å²) in [5.41, 5.74) is 1.19. The van der Waals surface area contributed by atoms with Crippen LogP contribution in [-0.2, 0) is 16.0 Å². The van der Waals surface area contributed by atoms with E-state index < -0.39 is 0 Å². The number of carbonyl (C=O) groups excluding carboxylic acids is 2. The molecule has 0 aliphatic rings. The van der Waals surface area contributed by atoms with E-state index in [1.54, 1.807) is 12.1 Å². The van der Waals surface area contributed by atoms with Gasteiger partial charge >= 0.3 is 0 Å². The Hall–Kier alpha value is -2.04. The third-order valence-corrected chi connectivity index (χ3v) is 2.46. The molecule has 1 rings (SSSR count). The Kier molecular flexibility index (Phi) is 5.70. The molecule has 0 heterocycles. The number of nitrogens with zero attached hydrogens (tertiary/aromatic N) is 1. The molecule has 2 amide bonds. The zero-order valence-electron chi connectivity index (χ0n) is 9.68. The van der Waals surface area contributed by atoms with Crippen LogP contribution in [0.3, 0.4) is 0 Å². The molecule has 0 fully saturated rings. The Bertz CT molecular complexity index is 421. The van der Waals surface area contributed by atoms with Gasteiger partial charge in [0.05, 0.1) is 12.9 Å². The smallest absolute Gasteiger partial charge is 0.216 e. The predicted molar refractivity (Wildman–Crippen MR) is 62.7 cm³/mol. The molecular formula is C13H13F2NO2. The first kappa shape index (κ1) is 14.0. The maximum Gasteiger partial charge on any atom is 0.216 e. The summed E-state index contributed by atoms with van der Waals surface area (Å²) in [6.45, 7) is -0.0648. The van der Waals surface area contributed by atoms with Gasteiger partial charge in [0.1, 0.15) is 5.82 Å². The first-order chi connectivity index (χ1) is 8.69. The number of hydrogen-bond acceptors (Lipinski definition) is 2. The summed E-state index contributed by atoms with van der Waals surface area (Å²) in [4.78, 5) is 21.6. The van der Waals surface area contributed by atoms with E-state index in [9.17, 15) is 18.4 Å². The topological polar surface area (TPSA) is 37.4 Å². The first-order valence-electron chi connectivity index (χ1n) is 5.38. The predicted octanol–water partition coefficient (Wildman–Crippen LogP) is 2.23. The summed E-state index contributed by atoms with van der Waals surface area (Å²) in [5.74, 6) is -0.326. The molecule has 0 atom stereocenters. The molecule has 0 unspecified atom stereocenters. The van der Waals surface area contributed by atoms with Crippen molar-refractivity contribution >= 4 is 12.8 Å². The zero-order chi connectivity index (χ0) is 13.4. The Morgan fingerprint density at radius 1 is 1.17 bits per heavy atom. The molecule has 5 heteroatoms. The number of benzene rings is 1. The number of halogens is 2. The van der Waals surface area contributed by atoms with E-state index >= 15 is 0 Å². The lowest BCUT2D eigenvalue weighted by molar-refractivity contribution is -0.128. The molecule has 18 heavy (non-hydrogen) atoms. The molecule has 96 valence electrons. The highest BCUT2D eigenvalue weighted by molar-refractivity contribution is 5.68. The maximum absolute atomic E-state index is 12.7. The van der Waals surface area contributed by atoms with Crippen LogP contribution in [0.15, 0.2) is 36.2 Å². The molecule has 0 saturated heterocycles. The van der Waals surface area contributed by atoms with Crippen molar-refractivity contribution in [3.05, 3.63) is 47.5 Å². The molecule has 0 N–H and O–H groups in total. The van der Waals surface area contributed by atoms with Crippen molar-refractivity contribution in [2.45, 2.75) is 12.8 Å². The molecule has 0 aliphatic heterocycles. The van der Waals surface area contributed by atoms with Crippen molar-refractivity contribution < 1.29 is 18.4 Å². The van der Waals surface area contributed by atoms with Gasteiger partial charge in [-0.15, -0.1) is 0 Å². The van der Waals surface area contributed by atoms with Gasteiger partial charge in [0.2, 0.25) is 12.8 Å². The molecule has 1 aromatic rings. The Labute approximate surface area is 104 Å². The number of carbonyl (C=O) groups is 2. The average Bonchev–Trinajstić information content (AvgIpc) is 2.41. The van der Waals surface area contributed by atoms with Crippen LogP contribution in [0, 0.1) is 5.82 Å². The lowest BCUT2D eigenvalue weighted by Gasteiger charge is -2.11. The molecule has 0 aromatic heterocycles. The third kappa shape index (κ3) is 4.45. The Morgan fingerprint density at radius 3 is 2.28 bits per heavy atom. The summed E-state index contributed by atoms with van der Waals surface area (Å²) in [6.07, 6.45) is 1.95. The van der Waals surface area contributed by atoms with E-state index in [2.05, 4.69) is 0 Å². The normalized spacial score (nSPS) is 11.1. The van der Waals surface area contributed by atoms with Crippen LogP contribution in [0.2, 0.25) is 0 Å².